The Labute approximate surface area is 161 Å². The fraction of sp³-hybridized carbons (Fsp3) is 0.333. The van der Waals surface area contributed by atoms with Crippen molar-refractivity contribution < 1.29 is 9.53 Å². The molecule has 0 radical (unpaired) electrons. The SMILES string of the molecule is CCNC(=NCc1ccc(OC)cc1)NCCC(=O)NCc1ccccc1. The molecule has 0 saturated heterocycles. The average molecular weight is 368 g/mol. The molecule has 0 fully saturated rings. The van der Waals surface area contributed by atoms with Gasteiger partial charge in [0.2, 0.25) is 5.91 Å². The molecule has 2 aromatic carbocycles. The monoisotopic (exact) mass is 368 g/mol. The molecule has 1 amide bonds. The van der Waals surface area contributed by atoms with E-state index in [0.717, 1.165) is 23.4 Å². The lowest BCUT2D eigenvalue weighted by Crippen LogP contribution is -2.39. The standard InChI is InChI=1S/C21H28N4O2/c1-3-22-21(25-16-18-9-11-19(27-2)12-10-18)23-14-13-20(26)24-15-17-7-5-4-6-8-17/h4-12H,3,13-16H2,1-2H3,(H,24,26)(H2,22,23,25). The van der Waals surface area contributed by atoms with Crippen LogP contribution in [0.4, 0.5) is 0 Å². The number of benzene rings is 2. The number of nitrogens with zero attached hydrogens (tertiary/aromatic N) is 1. The van der Waals surface area contributed by atoms with Gasteiger partial charge < -0.3 is 20.7 Å². The Morgan fingerprint density at radius 3 is 2.37 bits per heavy atom. The third kappa shape index (κ3) is 7.81. The average Bonchev–Trinajstić information content (AvgIpc) is 2.71. The Morgan fingerprint density at radius 1 is 0.963 bits per heavy atom. The van der Waals surface area contributed by atoms with Crippen molar-refractivity contribution in [2.45, 2.75) is 26.4 Å². The number of amides is 1. The number of carbonyl (C=O) groups excluding carboxylic acids is 1. The molecule has 0 heterocycles. The minimum atomic E-state index is 0.0114. The third-order valence-electron chi connectivity index (χ3n) is 3.90. The predicted molar refractivity (Wildman–Crippen MR) is 109 cm³/mol. The summed E-state index contributed by atoms with van der Waals surface area (Å²) in [7, 11) is 1.65. The number of rotatable bonds is 9. The first-order chi connectivity index (χ1) is 13.2. The van der Waals surface area contributed by atoms with E-state index in [1.54, 1.807) is 7.11 Å². The second-order valence-corrected chi connectivity index (χ2v) is 5.98. The van der Waals surface area contributed by atoms with Crippen molar-refractivity contribution in [3.05, 3.63) is 65.7 Å². The molecule has 0 bridgehead atoms. The zero-order valence-corrected chi connectivity index (χ0v) is 16.0. The first kappa shape index (κ1) is 20.3. The molecule has 27 heavy (non-hydrogen) atoms. The van der Waals surface area contributed by atoms with E-state index < -0.39 is 0 Å². The molecule has 0 aliphatic carbocycles. The zero-order chi connectivity index (χ0) is 19.3. The Bertz CT molecular complexity index is 715. The van der Waals surface area contributed by atoms with E-state index in [1.165, 1.54) is 0 Å². The molecule has 0 saturated carbocycles. The van der Waals surface area contributed by atoms with Crippen LogP contribution >= 0.6 is 0 Å². The fourth-order valence-electron chi connectivity index (χ4n) is 2.42. The topological polar surface area (TPSA) is 74.8 Å². The predicted octanol–water partition coefficient (Wildman–Crippen LogP) is 2.46. The van der Waals surface area contributed by atoms with E-state index in [1.807, 2.05) is 61.5 Å². The summed E-state index contributed by atoms with van der Waals surface area (Å²) in [6, 6.07) is 17.7. The summed E-state index contributed by atoms with van der Waals surface area (Å²) in [4.78, 5) is 16.5. The van der Waals surface area contributed by atoms with Gasteiger partial charge in [-0.25, -0.2) is 4.99 Å². The third-order valence-corrected chi connectivity index (χ3v) is 3.90. The van der Waals surface area contributed by atoms with Crippen molar-refractivity contribution in [2.75, 3.05) is 20.2 Å². The lowest BCUT2D eigenvalue weighted by atomic mass is 10.2. The van der Waals surface area contributed by atoms with Crippen LogP contribution in [-0.2, 0) is 17.9 Å². The zero-order valence-electron chi connectivity index (χ0n) is 16.0. The number of methoxy groups -OCH3 is 1. The summed E-state index contributed by atoms with van der Waals surface area (Å²) in [5.74, 6) is 1.54. The van der Waals surface area contributed by atoms with Gasteiger partial charge in [0.25, 0.3) is 0 Å². The van der Waals surface area contributed by atoms with Gasteiger partial charge in [-0.3, -0.25) is 4.79 Å². The number of nitrogens with one attached hydrogen (secondary N) is 3. The largest absolute Gasteiger partial charge is 0.497 e. The second-order valence-electron chi connectivity index (χ2n) is 5.98. The van der Waals surface area contributed by atoms with Crippen LogP contribution in [-0.4, -0.2) is 32.1 Å². The van der Waals surface area contributed by atoms with E-state index in [2.05, 4.69) is 20.9 Å². The maximum atomic E-state index is 12.0. The van der Waals surface area contributed by atoms with Crippen molar-refractivity contribution in [2.24, 2.45) is 4.99 Å². The van der Waals surface area contributed by atoms with Crippen molar-refractivity contribution in [3.63, 3.8) is 0 Å². The van der Waals surface area contributed by atoms with Gasteiger partial charge in [0, 0.05) is 26.1 Å². The fourth-order valence-corrected chi connectivity index (χ4v) is 2.42. The Kier molecular flexibility index (Phi) is 8.69. The van der Waals surface area contributed by atoms with Crippen LogP contribution in [0, 0.1) is 0 Å². The first-order valence-corrected chi connectivity index (χ1v) is 9.17. The molecular formula is C21H28N4O2. The number of ether oxygens (including phenoxy) is 1. The minimum absolute atomic E-state index is 0.0114. The van der Waals surface area contributed by atoms with E-state index in [4.69, 9.17) is 4.74 Å². The van der Waals surface area contributed by atoms with Gasteiger partial charge in [0.05, 0.1) is 13.7 Å². The first-order valence-electron chi connectivity index (χ1n) is 9.17. The van der Waals surface area contributed by atoms with Crippen molar-refractivity contribution >= 4 is 11.9 Å². The molecule has 6 nitrogen and oxygen atoms in total. The highest BCUT2D eigenvalue weighted by atomic mass is 16.5. The van der Waals surface area contributed by atoms with Crippen LogP contribution in [0.5, 0.6) is 5.75 Å². The number of carbonyl (C=O) groups is 1. The lowest BCUT2D eigenvalue weighted by Gasteiger charge is -2.11. The van der Waals surface area contributed by atoms with E-state index >= 15 is 0 Å². The molecule has 2 aromatic rings. The summed E-state index contributed by atoms with van der Waals surface area (Å²) in [5, 5.41) is 9.31. The van der Waals surface area contributed by atoms with E-state index in [0.29, 0.717) is 32.0 Å². The molecule has 0 aliphatic heterocycles. The molecule has 6 heteroatoms. The Morgan fingerprint density at radius 2 is 1.70 bits per heavy atom. The van der Waals surface area contributed by atoms with E-state index in [9.17, 15) is 4.79 Å². The highest BCUT2D eigenvalue weighted by molar-refractivity contribution is 5.81. The molecular weight excluding hydrogens is 340 g/mol. The number of hydrogen-bond donors (Lipinski definition) is 3. The van der Waals surface area contributed by atoms with Crippen molar-refractivity contribution in [3.8, 4) is 5.75 Å². The summed E-state index contributed by atoms with van der Waals surface area (Å²) in [6.07, 6.45) is 0.389. The maximum Gasteiger partial charge on any atom is 0.222 e. The number of guanidine groups is 1. The summed E-state index contributed by atoms with van der Waals surface area (Å²) >= 11 is 0. The highest BCUT2D eigenvalue weighted by Crippen LogP contribution is 2.11. The van der Waals surface area contributed by atoms with Crippen molar-refractivity contribution in [1.82, 2.24) is 16.0 Å². The summed E-state index contributed by atoms with van der Waals surface area (Å²) in [6.45, 7) is 4.39. The second kappa shape index (κ2) is 11.6. The quantitative estimate of drug-likeness (QED) is 0.469. The molecule has 144 valence electrons. The molecule has 0 aromatic heterocycles. The Balaban J connectivity index is 1.74. The summed E-state index contributed by atoms with van der Waals surface area (Å²) in [5.41, 5.74) is 2.18. The molecule has 0 atom stereocenters. The van der Waals surface area contributed by atoms with Gasteiger partial charge in [-0.2, -0.15) is 0 Å². The van der Waals surface area contributed by atoms with Crippen LogP contribution in [0.15, 0.2) is 59.6 Å². The highest BCUT2D eigenvalue weighted by Gasteiger charge is 2.03. The molecule has 0 spiro atoms. The number of aliphatic imine (C=N–C) groups is 1. The number of hydrogen-bond acceptors (Lipinski definition) is 3. The minimum Gasteiger partial charge on any atom is -0.497 e. The van der Waals surface area contributed by atoms with Crippen LogP contribution in [0.25, 0.3) is 0 Å². The van der Waals surface area contributed by atoms with Crippen LogP contribution in [0.2, 0.25) is 0 Å². The lowest BCUT2D eigenvalue weighted by molar-refractivity contribution is -0.121. The van der Waals surface area contributed by atoms with Gasteiger partial charge in [-0.1, -0.05) is 42.5 Å². The Hall–Kier alpha value is -3.02. The molecule has 0 unspecified atom stereocenters. The van der Waals surface area contributed by atoms with Crippen LogP contribution in [0.3, 0.4) is 0 Å². The van der Waals surface area contributed by atoms with Gasteiger partial charge in [-0.15, -0.1) is 0 Å². The van der Waals surface area contributed by atoms with Gasteiger partial charge in [0.15, 0.2) is 5.96 Å². The van der Waals surface area contributed by atoms with Crippen LogP contribution in [0.1, 0.15) is 24.5 Å². The summed E-state index contributed by atoms with van der Waals surface area (Å²) < 4.78 is 5.16. The van der Waals surface area contributed by atoms with Crippen LogP contribution < -0.4 is 20.7 Å². The molecule has 2 rings (SSSR count). The normalized spacial score (nSPS) is 11.0. The maximum absolute atomic E-state index is 12.0. The molecule has 0 aliphatic rings. The van der Waals surface area contributed by atoms with Gasteiger partial charge in [0.1, 0.15) is 5.75 Å². The van der Waals surface area contributed by atoms with E-state index in [-0.39, 0.29) is 5.91 Å². The molecule has 3 N–H and O–H groups in total. The smallest absolute Gasteiger partial charge is 0.222 e. The van der Waals surface area contributed by atoms with Gasteiger partial charge in [-0.05, 0) is 30.2 Å². The van der Waals surface area contributed by atoms with Crippen molar-refractivity contribution in [1.29, 1.82) is 0 Å². The van der Waals surface area contributed by atoms with Gasteiger partial charge >= 0.3 is 0 Å².